The fourth-order valence-corrected chi connectivity index (χ4v) is 3.91. The van der Waals surface area contributed by atoms with E-state index in [2.05, 4.69) is 10.3 Å². The lowest BCUT2D eigenvalue weighted by atomic mass is 9.94. The fraction of sp³-hybridized carbons (Fsp3) is 0.440. The number of rotatable bonds is 6. The van der Waals surface area contributed by atoms with Crippen molar-refractivity contribution < 1.29 is 46.5 Å². The van der Waals surface area contributed by atoms with Crippen LogP contribution in [0.2, 0.25) is 0 Å². The Balaban J connectivity index is 1.69. The van der Waals surface area contributed by atoms with Gasteiger partial charge in [-0.05, 0) is 43.4 Å². The van der Waals surface area contributed by atoms with Crippen LogP contribution in [0.15, 0.2) is 36.5 Å². The molecule has 0 aliphatic carbocycles. The summed E-state index contributed by atoms with van der Waals surface area (Å²) < 4.78 is 59.9. The van der Waals surface area contributed by atoms with Crippen molar-refractivity contribution in [3.63, 3.8) is 0 Å². The van der Waals surface area contributed by atoms with E-state index in [1.54, 1.807) is 6.92 Å². The molecule has 0 saturated carbocycles. The predicted octanol–water partition coefficient (Wildman–Crippen LogP) is 3.34. The Bertz CT molecular complexity index is 1120. The van der Waals surface area contributed by atoms with Crippen molar-refractivity contribution in [3.8, 4) is 11.5 Å². The van der Waals surface area contributed by atoms with E-state index in [1.165, 1.54) is 31.5 Å². The molecule has 1 fully saturated rings. The predicted molar refractivity (Wildman–Crippen MR) is 123 cm³/mol. The van der Waals surface area contributed by atoms with Crippen molar-refractivity contribution in [2.45, 2.75) is 45.0 Å². The number of methoxy groups -OCH3 is 1. The molecule has 0 radical (unpaired) electrons. The first-order chi connectivity index (χ1) is 17.5. The molecular formula is C25H27F3N2O7. The molecule has 3 atom stereocenters. The number of nitrogens with one attached hydrogen (secondary N) is 1. The highest BCUT2D eigenvalue weighted by molar-refractivity contribution is 5.98. The van der Waals surface area contributed by atoms with Crippen molar-refractivity contribution in [3.05, 3.63) is 53.3 Å². The van der Waals surface area contributed by atoms with Gasteiger partial charge in [0.05, 0.1) is 25.4 Å². The molecule has 2 heterocycles. The van der Waals surface area contributed by atoms with Crippen LogP contribution >= 0.6 is 0 Å². The van der Waals surface area contributed by atoms with Crippen LogP contribution < -0.4 is 14.8 Å². The summed E-state index contributed by atoms with van der Waals surface area (Å²) in [6, 6.07) is 5.10. The first kappa shape index (κ1) is 27.9. The number of halogens is 3. The van der Waals surface area contributed by atoms with Gasteiger partial charge in [0.25, 0.3) is 5.91 Å². The molecule has 1 aliphatic rings. The van der Waals surface area contributed by atoms with Crippen LogP contribution in [0.5, 0.6) is 11.5 Å². The molecule has 3 rings (SSSR count). The Morgan fingerprint density at radius 2 is 1.86 bits per heavy atom. The van der Waals surface area contributed by atoms with E-state index in [1.807, 2.05) is 0 Å². The number of ether oxygens (including phenoxy) is 4. The summed E-state index contributed by atoms with van der Waals surface area (Å²) in [4.78, 5) is 41.1. The maximum atomic E-state index is 12.9. The fourth-order valence-electron chi connectivity index (χ4n) is 3.91. The first-order valence-electron chi connectivity index (χ1n) is 11.4. The van der Waals surface area contributed by atoms with E-state index in [9.17, 15) is 27.6 Å². The molecule has 2 unspecified atom stereocenters. The highest BCUT2D eigenvalue weighted by Crippen LogP contribution is 2.31. The molecule has 2 aromatic rings. The van der Waals surface area contributed by atoms with E-state index in [0.717, 1.165) is 19.1 Å². The van der Waals surface area contributed by atoms with Crippen LogP contribution in [0.25, 0.3) is 0 Å². The number of carbonyl (C=O) groups excluding carboxylic acids is 3. The molecule has 9 nitrogen and oxygen atoms in total. The Morgan fingerprint density at radius 1 is 1.16 bits per heavy atom. The molecule has 1 aromatic carbocycles. The molecule has 1 N–H and O–H groups in total. The molecule has 1 aromatic heterocycles. The van der Waals surface area contributed by atoms with Gasteiger partial charge in [-0.2, -0.15) is 13.2 Å². The molecule has 1 saturated heterocycles. The van der Waals surface area contributed by atoms with Crippen molar-refractivity contribution in [1.29, 1.82) is 0 Å². The largest absolute Gasteiger partial charge is 0.493 e. The zero-order valence-electron chi connectivity index (χ0n) is 20.5. The number of alkyl halides is 3. The third-order valence-corrected chi connectivity index (χ3v) is 5.57. The first-order valence-corrected chi connectivity index (χ1v) is 11.4. The van der Waals surface area contributed by atoms with Gasteiger partial charge in [-0.25, -0.2) is 9.78 Å². The maximum absolute atomic E-state index is 12.9. The molecule has 12 heteroatoms. The van der Waals surface area contributed by atoms with Crippen molar-refractivity contribution in [1.82, 2.24) is 10.3 Å². The summed E-state index contributed by atoms with van der Waals surface area (Å²) >= 11 is 0. The van der Waals surface area contributed by atoms with Crippen LogP contribution in [0.4, 0.5) is 13.2 Å². The topological polar surface area (TPSA) is 113 Å². The number of benzene rings is 1. The van der Waals surface area contributed by atoms with Gasteiger partial charge in [-0.3, -0.25) is 9.59 Å². The molecule has 0 spiro atoms. The average Bonchev–Trinajstić information content (AvgIpc) is 2.88. The third-order valence-electron chi connectivity index (χ3n) is 5.57. The number of hydrogen-bond donors (Lipinski definition) is 1. The quantitative estimate of drug-likeness (QED) is 0.573. The van der Waals surface area contributed by atoms with Crippen LogP contribution in [0.1, 0.15) is 41.9 Å². The molecule has 37 heavy (non-hydrogen) atoms. The van der Waals surface area contributed by atoms with Crippen LogP contribution in [0, 0.1) is 5.92 Å². The van der Waals surface area contributed by atoms with Crippen LogP contribution in [-0.4, -0.2) is 55.3 Å². The lowest BCUT2D eigenvalue weighted by Gasteiger charge is -2.20. The Labute approximate surface area is 211 Å². The molecule has 1 amide bonds. The van der Waals surface area contributed by atoms with Crippen molar-refractivity contribution >= 4 is 17.8 Å². The monoisotopic (exact) mass is 524 g/mol. The van der Waals surface area contributed by atoms with Gasteiger partial charge in [0, 0.05) is 25.8 Å². The number of esters is 2. The minimum atomic E-state index is -4.42. The summed E-state index contributed by atoms with van der Waals surface area (Å²) in [6.45, 7) is 2.81. The summed E-state index contributed by atoms with van der Waals surface area (Å²) in [7, 11) is 1.33. The normalized spacial score (nSPS) is 20.6. The second-order valence-corrected chi connectivity index (χ2v) is 8.60. The SMILES string of the molecule is COc1ccnc(C(=O)N[C@H]2COCC(Cc3ccc(C(F)(F)F)cc3)CC(C)OC2=O)c1OC(C)=O. The number of cyclic esters (lactones) is 1. The third kappa shape index (κ3) is 7.66. The Hall–Kier alpha value is -3.67. The summed E-state index contributed by atoms with van der Waals surface area (Å²) in [6.07, 6.45) is -2.86. The van der Waals surface area contributed by atoms with E-state index >= 15 is 0 Å². The van der Waals surface area contributed by atoms with E-state index in [-0.39, 0.29) is 36.3 Å². The van der Waals surface area contributed by atoms with Gasteiger partial charge in [0.15, 0.2) is 17.5 Å². The van der Waals surface area contributed by atoms with E-state index in [0.29, 0.717) is 18.4 Å². The molecule has 1 aliphatic heterocycles. The zero-order valence-corrected chi connectivity index (χ0v) is 20.5. The smallest absolute Gasteiger partial charge is 0.416 e. The van der Waals surface area contributed by atoms with Crippen LogP contribution in [0.3, 0.4) is 0 Å². The summed E-state index contributed by atoms with van der Waals surface area (Å²) in [5.41, 5.74) is -0.313. The minimum absolute atomic E-state index is 0.100. The Kier molecular flexibility index (Phi) is 9.09. The highest BCUT2D eigenvalue weighted by Gasteiger charge is 2.32. The second-order valence-electron chi connectivity index (χ2n) is 8.60. The van der Waals surface area contributed by atoms with Gasteiger partial charge < -0.3 is 24.3 Å². The minimum Gasteiger partial charge on any atom is -0.493 e. The van der Waals surface area contributed by atoms with Gasteiger partial charge in [0.2, 0.25) is 5.75 Å². The van der Waals surface area contributed by atoms with Gasteiger partial charge >= 0.3 is 18.1 Å². The van der Waals surface area contributed by atoms with Crippen molar-refractivity contribution in [2.24, 2.45) is 5.92 Å². The highest BCUT2D eigenvalue weighted by atomic mass is 19.4. The number of carbonyl (C=O) groups is 3. The van der Waals surface area contributed by atoms with Gasteiger partial charge in [-0.15, -0.1) is 0 Å². The Morgan fingerprint density at radius 3 is 2.49 bits per heavy atom. The summed E-state index contributed by atoms with van der Waals surface area (Å²) in [5, 5.41) is 2.50. The molecule has 0 bridgehead atoms. The van der Waals surface area contributed by atoms with E-state index in [4.69, 9.17) is 18.9 Å². The van der Waals surface area contributed by atoms with Crippen molar-refractivity contribution in [2.75, 3.05) is 20.3 Å². The van der Waals surface area contributed by atoms with Gasteiger partial charge in [0.1, 0.15) is 0 Å². The number of amides is 1. The molecular weight excluding hydrogens is 497 g/mol. The maximum Gasteiger partial charge on any atom is 0.416 e. The second kappa shape index (κ2) is 12.0. The number of hydrogen-bond acceptors (Lipinski definition) is 8. The standard InChI is InChI=1S/C25H27F3N2O7/c1-14-10-17(11-16-4-6-18(7-5-16)25(26,27)28)12-35-13-19(24(33)36-14)30-23(32)21-22(37-15(2)31)20(34-3)8-9-29-21/h4-9,14,17,19H,10-13H2,1-3H3,(H,30,32)/t14?,17?,19-/m0/s1. The van der Waals surface area contributed by atoms with Gasteiger partial charge in [-0.1, -0.05) is 12.1 Å². The zero-order chi connectivity index (χ0) is 27.2. The lowest BCUT2D eigenvalue weighted by molar-refractivity contribution is -0.151. The lowest BCUT2D eigenvalue weighted by Crippen LogP contribution is -2.45. The number of nitrogens with zero attached hydrogens (tertiary/aromatic N) is 1. The van der Waals surface area contributed by atoms with Crippen LogP contribution in [-0.2, 0) is 31.7 Å². The molecule has 200 valence electrons. The number of pyridine rings is 1. The summed E-state index contributed by atoms with van der Waals surface area (Å²) in [5.74, 6) is -2.48. The van der Waals surface area contributed by atoms with E-state index < -0.39 is 41.7 Å². The average molecular weight is 524 g/mol. The number of aromatic nitrogens is 1.